The number of aromatic amines is 1. The van der Waals surface area contributed by atoms with Crippen molar-refractivity contribution < 1.29 is 9.53 Å². The molecular weight excluding hydrogens is 348 g/mol. The molecule has 1 heterocycles. The normalized spacial score (nSPS) is 23.7. The molecule has 150 valence electrons. The third kappa shape index (κ3) is 3.95. The Labute approximate surface area is 158 Å². The van der Waals surface area contributed by atoms with Crippen LogP contribution in [-0.2, 0) is 16.1 Å². The number of nitrogens with two attached hydrogens (primary N) is 1. The first-order chi connectivity index (χ1) is 13.0. The highest BCUT2D eigenvalue weighted by Crippen LogP contribution is 2.49. The first-order valence-electron chi connectivity index (χ1n) is 9.88. The summed E-state index contributed by atoms with van der Waals surface area (Å²) < 4.78 is 6.45. The summed E-state index contributed by atoms with van der Waals surface area (Å²) >= 11 is 0. The lowest BCUT2D eigenvalue weighted by Crippen LogP contribution is -2.43. The van der Waals surface area contributed by atoms with E-state index in [1.54, 1.807) is 7.11 Å². The number of methoxy groups -OCH3 is 1. The van der Waals surface area contributed by atoms with E-state index in [4.69, 9.17) is 10.5 Å². The van der Waals surface area contributed by atoms with E-state index in [9.17, 15) is 14.4 Å². The van der Waals surface area contributed by atoms with Crippen molar-refractivity contribution in [2.45, 2.75) is 52.0 Å². The summed E-state index contributed by atoms with van der Waals surface area (Å²) in [7, 11) is 1.55. The number of hydrogen-bond donors (Lipinski definition) is 2. The average molecular weight is 378 g/mol. The van der Waals surface area contributed by atoms with Crippen LogP contribution in [0.5, 0.6) is 0 Å². The van der Waals surface area contributed by atoms with Gasteiger partial charge in [0, 0.05) is 26.6 Å². The van der Waals surface area contributed by atoms with Gasteiger partial charge in [0.25, 0.3) is 5.56 Å². The Hall–Kier alpha value is -2.09. The Bertz CT molecular complexity index is 800. The number of ether oxygens (including phenoxy) is 1. The molecule has 8 heteroatoms. The SMILES string of the molecule is CCCn1c(N)c(N(CCOC)C(=O)C[C@@H]2C[C@H]3CC[C@H]2C3)c(=O)[nH]c1=O. The monoisotopic (exact) mass is 378 g/mol. The minimum atomic E-state index is -0.623. The van der Waals surface area contributed by atoms with Crippen LogP contribution in [-0.4, -0.2) is 35.7 Å². The van der Waals surface area contributed by atoms with Gasteiger partial charge in [-0.1, -0.05) is 13.3 Å². The molecule has 2 bridgehead atoms. The molecule has 2 aliphatic rings. The van der Waals surface area contributed by atoms with Crippen molar-refractivity contribution in [1.82, 2.24) is 9.55 Å². The maximum atomic E-state index is 13.1. The summed E-state index contributed by atoms with van der Waals surface area (Å²) in [5.74, 6) is 1.67. The molecule has 3 atom stereocenters. The average Bonchev–Trinajstić information content (AvgIpc) is 3.24. The van der Waals surface area contributed by atoms with Crippen molar-refractivity contribution in [2.75, 3.05) is 30.9 Å². The molecule has 2 saturated carbocycles. The number of fused-ring (bicyclic) bond motifs is 2. The van der Waals surface area contributed by atoms with Crippen LogP contribution in [0, 0.1) is 17.8 Å². The third-order valence-corrected chi connectivity index (χ3v) is 6.07. The van der Waals surface area contributed by atoms with E-state index in [1.165, 1.54) is 28.7 Å². The molecule has 1 amide bonds. The van der Waals surface area contributed by atoms with Gasteiger partial charge < -0.3 is 15.4 Å². The van der Waals surface area contributed by atoms with Gasteiger partial charge in [-0.15, -0.1) is 0 Å². The zero-order valence-corrected chi connectivity index (χ0v) is 16.2. The fraction of sp³-hybridized carbons (Fsp3) is 0.737. The maximum absolute atomic E-state index is 13.1. The summed E-state index contributed by atoms with van der Waals surface area (Å²) in [6.07, 6.45) is 5.89. The van der Waals surface area contributed by atoms with Crippen LogP contribution >= 0.6 is 0 Å². The summed E-state index contributed by atoms with van der Waals surface area (Å²) in [5.41, 5.74) is 5.05. The highest BCUT2D eigenvalue weighted by atomic mass is 16.5. The molecule has 1 aromatic heterocycles. The fourth-order valence-corrected chi connectivity index (χ4v) is 4.79. The molecule has 3 N–H and O–H groups in total. The smallest absolute Gasteiger partial charge is 0.330 e. The highest BCUT2D eigenvalue weighted by molar-refractivity contribution is 5.95. The van der Waals surface area contributed by atoms with Crippen LogP contribution in [0.2, 0.25) is 0 Å². The number of anilines is 2. The minimum Gasteiger partial charge on any atom is -0.383 e. The number of nitrogen functional groups attached to an aromatic ring is 1. The molecule has 0 radical (unpaired) electrons. The second kappa shape index (κ2) is 8.29. The lowest BCUT2D eigenvalue weighted by atomic mass is 9.86. The fourth-order valence-electron chi connectivity index (χ4n) is 4.79. The Balaban J connectivity index is 1.90. The van der Waals surface area contributed by atoms with Crippen LogP contribution in [0.25, 0.3) is 0 Å². The molecule has 0 aliphatic heterocycles. The van der Waals surface area contributed by atoms with Gasteiger partial charge in [-0.3, -0.25) is 19.1 Å². The quantitative estimate of drug-likeness (QED) is 0.709. The van der Waals surface area contributed by atoms with Gasteiger partial charge in [0.1, 0.15) is 5.82 Å². The van der Waals surface area contributed by atoms with E-state index in [-0.39, 0.29) is 30.6 Å². The van der Waals surface area contributed by atoms with Gasteiger partial charge in [-0.25, -0.2) is 4.79 Å². The van der Waals surface area contributed by atoms with E-state index in [1.807, 2.05) is 6.92 Å². The van der Waals surface area contributed by atoms with Crippen LogP contribution in [0.3, 0.4) is 0 Å². The molecule has 3 rings (SSSR count). The molecule has 27 heavy (non-hydrogen) atoms. The van der Waals surface area contributed by atoms with Crippen molar-refractivity contribution in [3.8, 4) is 0 Å². The summed E-state index contributed by atoms with van der Waals surface area (Å²) in [6.45, 7) is 2.81. The Morgan fingerprint density at radius 2 is 2.11 bits per heavy atom. The molecule has 0 saturated heterocycles. The van der Waals surface area contributed by atoms with E-state index in [2.05, 4.69) is 4.98 Å². The predicted molar refractivity (Wildman–Crippen MR) is 104 cm³/mol. The maximum Gasteiger partial charge on any atom is 0.330 e. The third-order valence-electron chi connectivity index (χ3n) is 6.07. The number of nitrogens with zero attached hydrogens (tertiary/aromatic N) is 2. The molecule has 0 spiro atoms. The van der Waals surface area contributed by atoms with Crippen LogP contribution in [0.4, 0.5) is 11.5 Å². The lowest BCUT2D eigenvalue weighted by molar-refractivity contribution is -0.120. The Kier molecular flexibility index (Phi) is 6.04. The van der Waals surface area contributed by atoms with Gasteiger partial charge in [0.15, 0.2) is 5.69 Å². The van der Waals surface area contributed by atoms with Crippen LogP contribution in [0.1, 0.15) is 45.4 Å². The molecule has 2 fully saturated rings. The zero-order chi connectivity index (χ0) is 19.6. The first-order valence-corrected chi connectivity index (χ1v) is 9.88. The number of hydrogen-bond acceptors (Lipinski definition) is 5. The Morgan fingerprint density at radius 1 is 1.33 bits per heavy atom. The molecule has 0 unspecified atom stereocenters. The number of carbonyl (C=O) groups excluding carboxylic acids is 1. The van der Waals surface area contributed by atoms with Crippen LogP contribution < -0.4 is 21.9 Å². The number of H-pyrrole nitrogens is 1. The van der Waals surface area contributed by atoms with Crippen molar-refractivity contribution in [3.05, 3.63) is 20.8 Å². The summed E-state index contributed by atoms with van der Waals surface area (Å²) in [4.78, 5) is 41.4. The largest absolute Gasteiger partial charge is 0.383 e. The number of aromatic nitrogens is 2. The van der Waals surface area contributed by atoms with Crippen molar-refractivity contribution in [3.63, 3.8) is 0 Å². The highest BCUT2D eigenvalue weighted by Gasteiger charge is 2.41. The van der Waals surface area contributed by atoms with Gasteiger partial charge in [0.2, 0.25) is 5.91 Å². The second-order valence-corrected chi connectivity index (χ2v) is 7.82. The molecule has 2 aliphatic carbocycles. The number of amides is 1. The van der Waals surface area contributed by atoms with Crippen LogP contribution in [0.15, 0.2) is 9.59 Å². The van der Waals surface area contributed by atoms with Gasteiger partial charge >= 0.3 is 5.69 Å². The first kappa shape index (κ1) is 19.7. The minimum absolute atomic E-state index is 0.0444. The second-order valence-electron chi connectivity index (χ2n) is 7.82. The van der Waals surface area contributed by atoms with E-state index in [0.717, 1.165) is 12.3 Å². The Morgan fingerprint density at radius 3 is 2.70 bits per heavy atom. The van der Waals surface area contributed by atoms with Crippen molar-refractivity contribution in [2.24, 2.45) is 17.8 Å². The standard InChI is InChI=1S/C19H30N4O4/c1-3-6-23-17(20)16(18(25)21-19(23)26)22(7-8-27-2)15(24)11-14-10-12-4-5-13(14)9-12/h12-14H,3-11,20H2,1-2H3,(H,21,25,26)/t12-,13-,14-/m0/s1. The van der Waals surface area contributed by atoms with Gasteiger partial charge in [-0.2, -0.15) is 0 Å². The molecule has 1 aromatic rings. The van der Waals surface area contributed by atoms with E-state index in [0.29, 0.717) is 31.2 Å². The number of nitrogens with one attached hydrogen (secondary N) is 1. The number of rotatable bonds is 8. The molecule has 8 nitrogen and oxygen atoms in total. The zero-order valence-electron chi connectivity index (χ0n) is 16.2. The van der Waals surface area contributed by atoms with E-state index < -0.39 is 11.2 Å². The molecular formula is C19H30N4O4. The summed E-state index contributed by atoms with van der Waals surface area (Å²) in [5, 5.41) is 0. The molecule has 0 aromatic carbocycles. The van der Waals surface area contributed by atoms with E-state index >= 15 is 0 Å². The lowest BCUT2D eigenvalue weighted by Gasteiger charge is -2.27. The van der Waals surface area contributed by atoms with Crippen molar-refractivity contribution >= 4 is 17.4 Å². The summed E-state index contributed by atoms with van der Waals surface area (Å²) in [6, 6.07) is 0. The van der Waals surface area contributed by atoms with Gasteiger partial charge in [-0.05, 0) is 43.4 Å². The topological polar surface area (TPSA) is 110 Å². The number of carbonyl (C=O) groups is 1. The predicted octanol–water partition coefficient (Wildman–Crippen LogP) is 1.33. The van der Waals surface area contributed by atoms with Gasteiger partial charge in [0.05, 0.1) is 6.61 Å². The van der Waals surface area contributed by atoms with Crippen molar-refractivity contribution in [1.29, 1.82) is 0 Å².